The Morgan fingerprint density at radius 3 is 2.96 bits per heavy atom. The number of ether oxygens (including phenoxy) is 1. The van der Waals surface area contributed by atoms with E-state index < -0.39 is 0 Å². The number of benzene rings is 1. The molecule has 2 aromatic rings. The van der Waals surface area contributed by atoms with Gasteiger partial charge >= 0.3 is 0 Å². The molecule has 1 amide bonds. The summed E-state index contributed by atoms with van der Waals surface area (Å²) in [7, 11) is 3.37. The van der Waals surface area contributed by atoms with Gasteiger partial charge in [-0.1, -0.05) is 6.07 Å². The number of carbonyl (C=O) groups excluding carboxylic acids is 1. The third-order valence-corrected chi connectivity index (χ3v) is 4.34. The summed E-state index contributed by atoms with van der Waals surface area (Å²) in [6, 6.07) is 6.90. The van der Waals surface area contributed by atoms with Gasteiger partial charge in [-0.3, -0.25) is 9.48 Å². The van der Waals surface area contributed by atoms with Crippen LogP contribution >= 0.6 is 0 Å². The number of para-hydroxylation sites is 1. The molecule has 0 bridgehead atoms. The average molecular weight is 330 g/mol. The molecule has 1 saturated heterocycles. The van der Waals surface area contributed by atoms with Gasteiger partial charge in [0.15, 0.2) is 11.5 Å². The molecule has 7 nitrogen and oxygen atoms in total. The normalized spacial score (nSPS) is 17.6. The molecule has 1 atom stereocenters. The van der Waals surface area contributed by atoms with Gasteiger partial charge in [-0.25, -0.2) is 0 Å². The number of carbonyl (C=O) groups is 1. The largest absolute Gasteiger partial charge is 0.504 e. The fourth-order valence-corrected chi connectivity index (χ4v) is 3.11. The predicted molar refractivity (Wildman–Crippen MR) is 90.6 cm³/mol. The van der Waals surface area contributed by atoms with E-state index in [9.17, 15) is 9.90 Å². The second kappa shape index (κ2) is 6.82. The molecule has 1 fully saturated rings. The van der Waals surface area contributed by atoms with Crippen LogP contribution < -0.4 is 15.0 Å². The summed E-state index contributed by atoms with van der Waals surface area (Å²) in [5, 5.41) is 17.3. The van der Waals surface area contributed by atoms with Crippen molar-refractivity contribution in [1.29, 1.82) is 0 Å². The lowest BCUT2D eigenvalue weighted by molar-refractivity contribution is 0.0929. The third-order valence-electron chi connectivity index (χ3n) is 4.34. The minimum atomic E-state index is -0.289. The number of nitrogens with zero attached hydrogens (tertiary/aromatic N) is 3. The first-order chi connectivity index (χ1) is 11.6. The molecule has 0 aliphatic carbocycles. The van der Waals surface area contributed by atoms with E-state index in [1.165, 1.54) is 7.11 Å². The highest BCUT2D eigenvalue weighted by Gasteiger charge is 2.24. The molecular weight excluding hydrogens is 308 g/mol. The number of amides is 1. The van der Waals surface area contributed by atoms with Gasteiger partial charge in [0.1, 0.15) is 5.82 Å². The number of piperidine rings is 1. The average Bonchev–Trinajstić information content (AvgIpc) is 3.01. The van der Waals surface area contributed by atoms with E-state index in [0.29, 0.717) is 5.75 Å². The van der Waals surface area contributed by atoms with Crippen LogP contribution in [0.4, 0.5) is 5.82 Å². The van der Waals surface area contributed by atoms with Crippen LogP contribution in [0.3, 0.4) is 0 Å². The number of hydrogen-bond acceptors (Lipinski definition) is 5. The van der Waals surface area contributed by atoms with Crippen molar-refractivity contribution in [3.05, 3.63) is 36.0 Å². The van der Waals surface area contributed by atoms with Crippen molar-refractivity contribution < 1.29 is 14.6 Å². The van der Waals surface area contributed by atoms with Crippen LogP contribution in [0.2, 0.25) is 0 Å². The minimum Gasteiger partial charge on any atom is -0.504 e. The fourth-order valence-electron chi connectivity index (χ4n) is 3.11. The first kappa shape index (κ1) is 16.2. The van der Waals surface area contributed by atoms with Gasteiger partial charge in [0.2, 0.25) is 0 Å². The summed E-state index contributed by atoms with van der Waals surface area (Å²) >= 11 is 0. The summed E-state index contributed by atoms with van der Waals surface area (Å²) in [6.45, 7) is 1.66. The van der Waals surface area contributed by atoms with Crippen molar-refractivity contribution in [3.8, 4) is 11.5 Å². The van der Waals surface area contributed by atoms with E-state index in [2.05, 4.69) is 15.3 Å². The minimum absolute atomic E-state index is 0.0201. The lowest BCUT2D eigenvalue weighted by Gasteiger charge is -2.34. The van der Waals surface area contributed by atoms with Crippen molar-refractivity contribution in [1.82, 2.24) is 15.1 Å². The molecule has 3 rings (SSSR count). The first-order valence-electron chi connectivity index (χ1n) is 8.00. The van der Waals surface area contributed by atoms with Crippen LogP contribution in [-0.2, 0) is 7.05 Å². The SMILES string of the molecule is COc1cccc(C(=O)N[C@@H]2CCCN(c3ccnn3C)C2)c1O. The van der Waals surface area contributed by atoms with Crippen molar-refractivity contribution in [2.75, 3.05) is 25.1 Å². The first-order valence-corrected chi connectivity index (χ1v) is 8.00. The van der Waals surface area contributed by atoms with Crippen molar-refractivity contribution >= 4 is 11.7 Å². The number of aryl methyl sites for hydroxylation is 1. The summed E-state index contributed by atoms with van der Waals surface area (Å²) in [5.41, 5.74) is 0.229. The molecule has 0 radical (unpaired) electrons. The monoisotopic (exact) mass is 330 g/mol. The molecule has 0 spiro atoms. The molecule has 2 N–H and O–H groups in total. The topological polar surface area (TPSA) is 79.6 Å². The molecular formula is C17H22N4O3. The Hall–Kier alpha value is -2.70. The number of aromatic hydroxyl groups is 1. The number of nitrogens with one attached hydrogen (secondary N) is 1. The van der Waals surface area contributed by atoms with E-state index in [1.807, 2.05) is 17.8 Å². The zero-order valence-corrected chi connectivity index (χ0v) is 13.9. The van der Waals surface area contributed by atoms with E-state index in [4.69, 9.17) is 4.74 Å². The van der Waals surface area contributed by atoms with Crippen LogP contribution in [0.5, 0.6) is 11.5 Å². The zero-order valence-electron chi connectivity index (χ0n) is 13.9. The fraction of sp³-hybridized carbons (Fsp3) is 0.412. The summed E-state index contributed by atoms with van der Waals surface area (Å²) in [4.78, 5) is 14.7. The highest BCUT2D eigenvalue weighted by atomic mass is 16.5. The Morgan fingerprint density at radius 1 is 1.42 bits per heavy atom. The number of methoxy groups -OCH3 is 1. The quantitative estimate of drug-likeness (QED) is 0.889. The van der Waals surface area contributed by atoms with Gasteiger partial charge in [-0.15, -0.1) is 0 Å². The Balaban J connectivity index is 1.69. The van der Waals surface area contributed by atoms with E-state index in [-0.39, 0.29) is 23.3 Å². The molecule has 1 aliphatic heterocycles. The van der Waals surface area contributed by atoms with E-state index in [1.54, 1.807) is 24.4 Å². The van der Waals surface area contributed by atoms with Crippen LogP contribution in [0.15, 0.2) is 30.5 Å². The van der Waals surface area contributed by atoms with Gasteiger partial charge in [0.05, 0.1) is 18.9 Å². The predicted octanol–water partition coefficient (Wildman–Crippen LogP) is 1.53. The molecule has 1 aromatic heterocycles. The van der Waals surface area contributed by atoms with Gasteiger partial charge < -0.3 is 20.1 Å². The Bertz CT molecular complexity index is 728. The Kier molecular flexibility index (Phi) is 4.59. The lowest BCUT2D eigenvalue weighted by Crippen LogP contribution is -2.48. The number of rotatable bonds is 4. The number of phenols is 1. The van der Waals surface area contributed by atoms with Gasteiger partial charge in [-0.2, -0.15) is 5.10 Å². The summed E-state index contributed by atoms with van der Waals surface area (Å²) in [6.07, 6.45) is 3.66. The smallest absolute Gasteiger partial charge is 0.255 e. The summed E-state index contributed by atoms with van der Waals surface area (Å²) in [5.74, 6) is 0.918. The Labute approximate surface area is 140 Å². The lowest BCUT2D eigenvalue weighted by atomic mass is 10.0. The van der Waals surface area contributed by atoms with Crippen LogP contribution in [0.25, 0.3) is 0 Å². The van der Waals surface area contributed by atoms with Crippen molar-refractivity contribution in [3.63, 3.8) is 0 Å². The zero-order chi connectivity index (χ0) is 17.1. The van der Waals surface area contributed by atoms with E-state index in [0.717, 1.165) is 31.7 Å². The standard InChI is InChI=1S/C17H22N4O3/c1-20-15(8-9-18-20)21-10-4-5-12(11-21)19-17(23)13-6-3-7-14(24-2)16(13)22/h3,6-9,12,22H,4-5,10-11H2,1-2H3,(H,19,23)/t12-/m1/s1. The third kappa shape index (κ3) is 3.15. The van der Waals surface area contributed by atoms with E-state index >= 15 is 0 Å². The molecule has 0 unspecified atom stereocenters. The second-order valence-corrected chi connectivity index (χ2v) is 5.93. The number of hydrogen-bond donors (Lipinski definition) is 2. The number of aromatic nitrogens is 2. The number of anilines is 1. The van der Waals surface area contributed by atoms with Crippen LogP contribution in [-0.4, -0.2) is 47.0 Å². The molecule has 24 heavy (non-hydrogen) atoms. The van der Waals surface area contributed by atoms with Gasteiger partial charge in [-0.05, 0) is 25.0 Å². The molecule has 1 aliphatic rings. The molecule has 1 aromatic carbocycles. The maximum absolute atomic E-state index is 12.5. The van der Waals surface area contributed by atoms with Gasteiger partial charge in [0, 0.05) is 32.2 Å². The highest BCUT2D eigenvalue weighted by molar-refractivity contribution is 5.97. The van der Waals surface area contributed by atoms with Crippen molar-refractivity contribution in [2.45, 2.75) is 18.9 Å². The molecule has 2 heterocycles. The summed E-state index contributed by atoms with van der Waals surface area (Å²) < 4.78 is 6.89. The molecule has 128 valence electrons. The van der Waals surface area contributed by atoms with Crippen molar-refractivity contribution in [2.24, 2.45) is 7.05 Å². The highest BCUT2D eigenvalue weighted by Crippen LogP contribution is 2.29. The maximum Gasteiger partial charge on any atom is 0.255 e. The number of phenolic OH excluding ortho intramolecular Hbond substituents is 1. The molecule has 7 heteroatoms. The maximum atomic E-state index is 12.5. The molecule has 0 saturated carbocycles. The van der Waals surface area contributed by atoms with Crippen LogP contribution in [0, 0.1) is 0 Å². The second-order valence-electron chi connectivity index (χ2n) is 5.93. The van der Waals surface area contributed by atoms with Crippen LogP contribution in [0.1, 0.15) is 23.2 Å². The van der Waals surface area contributed by atoms with Gasteiger partial charge in [0.25, 0.3) is 5.91 Å². The Morgan fingerprint density at radius 2 is 2.25 bits per heavy atom.